The van der Waals surface area contributed by atoms with Crippen LogP contribution in [0.5, 0.6) is 0 Å². The summed E-state index contributed by atoms with van der Waals surface area (Å²) in [6.07, 6.45) is 0. The number of carbonyl (C=O) groups is 1. The highest BCUT2D eigenvalue weighted by molar-refractivity contribution is 6.30. The molecule has 88 valence electrons. The molecule has 0 radical (unpaired) electrons. The lowest BCUT2D eigenvalue weighted by molar-refractivity contribution is -0.123. The molecule has 5 heteroatoms. The van der Waals surface area contributed by atoms with Crippen LogP contribution in [-0.2, 0) is 11.3 Å². The van der Waals surface area contributed by atoms with Crippen molar-refractivity contribution in [3.05, 3.63) is 34.6 Å². The predicted molar refractivity (Wildman–Crippen MR) is 61.5 cm³/mol. The van der Waals surface area contributed by atoms with Gasteiger partial charge < -0.3 is 5.73 Å². The minimum Gasteiger partial charge on any atom is -0.368 e. The lowest BCUT2D eigenvalue weighted by Gasteiger charge is -2.22. The fourth-order valence-electron chi connectivity index (χ4n) is 1.08. The summed E-state index contributed by atoms with van der Waals surface area (Å²) >= 11 is 5.74. The molecule has 1 rings (SSSR count). The number of amides is 1. The number of rotatable bonds is 4. The summed E-state index contributed by atoms with van der Waals surface area (Å²) < 4.78 is 13.3. The lowest BCUT2D eigenvalue weighted by atomic mass is 10.0. The van der Waals surface area contributed by atoms with Crippen molar-refractivity contribution in [2.45, 2.75) is 25.9 Å². The largest absolute Gasteiger partial charge is 0.368 e. The first-order valence-electron chi connectivity index (χ1n) is 4.82. The molecule has 0 aliphatic carbocycles. The molecule has 1 aromatic carbocycles. The number of halogens is 2. The number of primary amides is 1. The molecule has 3 nitrogen and oxygen atoms in total. The third kappa shape index (κ3) is 3.18. The Kier molecular flexibility index (Phi) is 3.88. The van der Waals surface area contributed by atoms with Crippen LogP contribution in [0.15, 0.2) is 18.2 Å². The van der Waals surface area contributed by atoms with E-state index in [1.165, 1.54) is 18.2 Å². The van der Waals surface area contributed by atoms with Gasteiger partial charge in [-0.2, -0.15) is 0 Å². The zero-order valence-electron chi connectivity index (χ0n) is 9.18. The third-order valence-electron chi connectivity index (χ3n) is 2.34. The number of nitrogens with one attached hydrogen (secondary N) is 1. The molecule has 16 heavy (non-hydrogen) atoms. The number of hydrogen-bond donors (Lipinski definition) is 2. The quantitative estimate of drug-likeness (QED) is 0.849. The summed E-state index contributed by atoms with van der Waals surface area (Å²) in [5.74, 6) is -0.855. The third-order valence-corrected chi connectivity index (χ3v) is 2.58. The van der Waals surface area contributed by atoms with Gasteiger partial charge in [0.2, 0.25) is 5.91 Å². The lowest BCUT2D eigenvalue weighted by Crippen LogP contribution is -2.50. The maximum absolute atomic E-state index is 13.3. The second-order valence-electron chi connectivity index (χ2n) is 4.08. The van der Waals surface area contributed by atoms with Gasteiger partial charge in [-0.05, 0) is 32.0 Å². The normalized spacial score (nSPS) is 11.5. The van der Waals surface area contributed by atoms with E-state index in [9.17, 15) is 9.18 Å². The van der Waals surface area contributed by atoms with Crippen molar-refractivity contribution >= 4 is 17.5 Å². The van der Waals surface area contributed by atoms with Crippen LogP contribution < -0.4 is 11.1 Å². The van der Waals surface area contributed by atoms with E-state index < -0.39 is 11.4 Å². The van der Waals surface area contributed by atoms with Crippen LogP contribution in [0.4, 0.5) is 4.39 Å². The SMILES string of the molecule is CC(C)(NCc1cc(Cl)ccc1F)C(N)=O. The zero-order chi connectivity index (χ0) is 12.3. The van der Waals surface area contributed by atoms with Gasteiger partial charge >= 0.3 is 0 Å². The Labute approximate surface area is 98.8 Å². The molecule has 0 atom stereocenters. The van der Waals surface area contributed by atoms with Gasteiger partial charge in [0.15, 0.2) is 0 Å². The highest BCUT2D eigenvalue weighted by atomic mass is 35.5. The molecule has 0 spiro atoms. The topological polar surface area (TPSA) is 55.1 Å². The van der Waals surface area contributed by atoms with Gasteiger partial charge in [-0.25, -0.2) is 4.39 Å². The molecule has 0 bridgehead atoms. The molecule has 0 aliphatic rings. The van der Waals surface area contributed by atoms with Crippen LogP contribution in [0.1, 0.15) is 19.4 Å². The molecular weight excluding hydrogens is 231 g/mol. The molecule has 1 amide bonds. The summed E-state index contributed by atoms with van der Waals surface area (Å²) in [4.78, 5) is 11.0. The number of hydrogen-bond acceptors (Lipinski definition) is 2. The van der Waals surface area contributed by atoms with E-state index in [-0.39, 0.29) is 12.4 Å². The van der Waals surface area contributed by atoms with E-state index in [4.69, 9.17) is 17.3 Å². The Morgan fingerprint density at radius 1 is 1.56 bits per heavy atom. The maximum Gasteiger partial charge on any atom is 0.237 e. The minimum atomic E-state index is -0.880. The molecule has 0 heterocycles. The highest BCUT2D eigenvalue weighted by Gasteiger charge is 2.24. The molecule has 1 aromatic rings. The van der Waals surface area contributed by atoms with Crippen LogP contribution in [-0.4, -0.2) is 11.4 Å². The van der Waals surface area contributed by atoms with Crippen LogP contribution in [0.3, 0.4) is 0 Å². The molecule has 3 N–H and O–H groups in total. The summed E-state index contributed by atoms with van der Waals surface area (Å²) in [6.45, 7) is 3.47. The summed E-state index contributed by atoms with van der Waals surface area (Å²) in [6, 6.07) is 4.27. The van der Waals surface area contributed by atoms with Crippen molar-refractivity contribution in [3.8, 4) is 0 Å². The van der Waals surface area contributed by atoms with E-state index in [1.807, 2.05) is 0 Å². The van der Waals surface area contributed by atoms with Gasteiger partial charge in [-0.1, -0.05) is 11.6 Å². The standard InChI is InChI=1S/C11H14ClFN2O/c1-11(2,10(14)16)15-6-7-5-8(12)3-4-9(7)13/h3-5,15H,6H2,1-2H3,(H2,14,16). The van der Waals surface area contributed by atoms with Crippen LogP contribution in [0.2, 0.25) is 5.02 Å². The van der Waals surface area contributed by atoms with Crippen LogP contribution in [0, 0.1) is 5.82 Å². The summed E-state index contributed by atoms with van der Waals surface area (Å²) in [5, 5.41) is 3.32. The number of nitrogens with two attached hydrogens (primary N) is 1. The second-order valence-corrected chi connectivity index (χ2v) is 4.51. The summed E-state index contributed by atoms with van der Waals surface area (Å²) in [7, 11) is 0. The van der Waals surface area contributed by atoms with E-state index in [1.54, 1.807) is 13.8 Å². The Hall–Kier alpha value is -1.13. The van der Waals surface area contributed by atoms with Gasteiger partial charge in [0.05, 0.1) is 5.54 Å². The molecular formula is C11H14ClFN2O. The highest BCUT2D eigenvalue weighted by Crippen LogP contribution is 2.15. The Balaban J connectivity index is 2.75. The van der Waals surface area contributed by atoms with Gasteiger partial charge in [-0.15, -0.1) is 0 Å². The van der Waals surface area contributed by atoms with Gasteiger partial charge in [-0.3, -0.25) is 10.1 Å². The van der Waals surface area contributed by atoms with Crippen LogP contribution >= 0.6 is 11.6 Å². The zero-order valence-corrected chi connectivity index (χ0v) is 9.94. The van der Waals surface area contributed by atoms with Gasteiger partial charge in [0.25, 0.3) is 0 Å². The Bertz CT molecular complexity index is 407. The number of carbonyl (C=O) groups excluding carboxylic acids is 1. The first-order chi connectivity index (χ1) is 7.33. The fraction of sp³-hybridized carbons (Fsp3) is 0.364. The van der Waals surface area contributed by atoms with Crippen molar-refractivity contribution in [1.29, 1.82) is 0 Å². The molecule has 0 aromatic heterocycles. The molecule has 0 aliphatic heterocycles. The molecule has 0 unspecified atom stereocenters. The average Bonchev–Trinajstić information content (AvgIpc) is 2.19. The van der Waals surface area contributed by atoms with Crippen molar-refractivity contribution in [2.75, 3.05) is 0 Å². The second kappa shape index (κ2) is 4.80. The van der Waals surface area contributed by atoms with E-state index >= 15 is 0 Å². The Morgan fingerprint density at radius 2 is 2.19 bits per heavy atom. The Morgan fingerprint density at radius 3 is 2.75 bits per heavy atom. The van der Waals surface area contributed by atoms with Crippen molar-refractivity contribution in [3.63, 3.8) is 0 Å². The van der Waals surface area contributed by atoms with Gasteiger partial charge in [0.1, 0.15) is 5.82 Å². The maximum atomic E-state index is 13.3. The summed E-state index contributed by atoms with van der Waals surface area (Å²) in [5.41, 5.74) is 4.71. The first kappa shape index (κ1) is 12.9. The first-order valence-corrected chi connectivity index (χ1v) is 5.19. The molecule has 0 saturated carbocycles. The van der Waals surface area contributed by atoms with E-state index in [0.717, 1.165) is 0 Å². The van der Waals surface area contributed by atoms with Gasteiger partial charge in [0, 0.05) is 17.1 Å². The predicted octanol–water partition coefficient (Wildman–Crippen LogP) is 1.83. The average molecular weight is 245 g/mol. The van der Waals surface area contributed by atoms with E-state index in [2.05, 4.69) is 5.32 Å². The minimum absolute atomic E-state index is 0.197. The molecule has 0 saturated heterocycles. The van der Waals surface area contributed by atoms with Crippen molar-refractivity contribution < 1.29 is 9.18 Å². The van der Waals surface area contributed by atoms with Crippen molar-refractivity contribution in [2.24, 2.45) is 5.73 Å². The smallest absolute Gasteiger partial charge is 0.237 e. The van der Waals surface area contributed by atoms with Crippen LogP contribution in [0.25, 0.3) is 0 Å². The fourth-order valence-corrected chi connectivity index (χ4v) is 1.28. The monoisotopic (exact) mass is 244 g/mol. The van der Waals surface area contributed by atoms with E-state index in [0.29, 0.717) is 10.6 Å². The van der Waals surface area contributed by atoms with Crippen molar-refractivity contribution in [1.82, 2.24) is 5.32 Å². The number of benzene rings is 1. The molecule has 0 fully saturated rings.